The molecule has 0 atom stereocenters. The number of nitrogens with zero attached hydrogens (tertiary/aromatic N) is 1. The van der Waals surface area contributed by atoms with Crippen LogP contribution in [0.3, 0.4) is 0 Å². The Balaban J connectivity index is 2.96. The Morgan fingerprint density at radius 3 is 2.53 bits per heavy atom. The first-order valence-electron chi connectivity index (χ1n) is 5.44. The van der Waals surface area contributed by atoms with Crippen molar-refractivity contribution in [3.05, 3.63) is 33.8 Å². The Morgan fingerprint density at radius 2 is 2.00 bits per heavy atom. The van der Waals surface area contributed by atoms with E-state index >= 15 is 0 Å². The second-order valence-electron chi connectivity index (χ2n) is 4.11. The summed E-state index contributed by atoms with van der Waals surface area (Å²) < 4.78 is 27.5. The first-order valence-corrected chi connectivity index (χ1v) is 6.24. The second kappa shape index (κ2) is 6.42. The van der Waals surface area contributed by atoms with Crippen molar-refractivity contribution in [1.82, 2.24) is 4.90 Å². The maximum absolute atomic E-state index is 13.8. The van der Waals surface area contributed by atoms with Crippen molar-refractivity contribution in [3.63, 3.8) is 0 Å². The molecule has 5 heteroatoms. The van der Waals surface area contributed by atoms with Gasteiger partial charge in [0.1, 0.15) is 11.6 Å². The predicted molar refractivity (Wildman–Crippen MR) is 66.7 cm³/mol. The van der Waals surface area contributed by atoms with E-state index < -0.39 is 11.6 Å². The van der Waals surface area contributed by atoms with Crippen molar-refractivity contribution < 1.29 is 13.9 Å². The molecule has 1 aromatic rings. The Labute approximate surface area is 108 Å². The van der Waals surface area contributed by atoms with Gasteiger partial charge < -0.3 is 5.11 Å². The minimum Gasteiger partial charge on any atom is -0.395 e. The van der Waals surface area contributed by atoms with Gasteiger partial charge in [0, 0.05) is 24.7 Å². The van der Waals surface area contributed by atoms with Gasteiger partial charge in [-0.05, 0) is 41.9 Å². The van der Waals surface area contributed by atoms with E-state index in [1.54, 1.807) is 0 Å². The maximum atomic E-state index is 13.8. The SMILES string of the molecule is CC(C)N(CCO)Cc1c(F)ccc(Br)c1F. The molecule has 0 heterocycles. The van der Waals surface area contributed by atoms with E-state index in [1.807, 2.05) is 18.7 Å². The van der Waals surface area contributed by atoms with Crippen LogP contribution in [0.5, 0.6) is 0 Å². The van der Waals surface area contributed by atoms with Gasteiger partial charge in [-0.25, -0.2) is 8.78 Å². The number of aliphatic hydroxyl groups excluding tert-OH is 1. The molecule has 0 aromatic heterocycles. The molecule has 0 radical (unpaired) electrons. The van der Waals surface area contributed by atoms with Crippen molar-refractivity contribution >= 4 is 15.9 Å². The molecule has 0 bridgehead atoms. The first-order chi connectivity index (χ1) is 7.97. The van der Waals surface area contributed by atoms with Crippen molar-refractivity contribution in [2.24, 2.45) is 0 Å². The lowest BCUT2D eigenvalue weighted by Crippen LogP contribution is -2.33. The van der Waals surface area contributed by atoms with Gasteiger partial charge in [0.05, 0.1) is 11.1 Å². The quantitative estimate of drug-likeness (QED) is 0.846. The lowest BCUT2D eigenvalue weighted by atomic mass is 10.1. The summed E-state index contributed by atoms with van der Waals surface area (Å²) in [6.45, 7) is 4.35. The third-order valence-corrected chi connectivity index (χ3v) is 3.23. The molecular weight excluding hydrogens is 292 g/mol. The monoisotopic (exact) mass is 307 g/mol. The Kier molecular flexibility index (Phi) is 5.49. The van der Waals surface area contributed by atoms with Gasteiger partial charge in [-0.2, -0.15) is 0 Å². The summed E-state index contributed by atoms with van der Waals surface area (Å²) in [4.78, 5) is 1.81. The van der Waals surface area contributed by atoms with Crippen LogP contribution in [0.2, 0.25) is 0 Å². The van der Waals surface area contributed by atoms with Crippen LogP contribution < -0.4 is 0 Å². The molecule has 17 heavy (non-hydrogen) atoms. The number of halogens is 3. The van der Waals surface area contributed by atoms with Gasteiger partial charge >= 0.3 is 0 Å². The molecule has 0 saturated carbocycles. The number of benzene rings is 1. The van der Waals surface area contributed by atoms with E-state index in [1.165, 1.54) is 12.1 Å². The molecule has 0 aliphatic carbocycles. The summed E-state index contributed by atoms with van der Waals surface area (Å²) in [7, 11) is 0. The largest absolute Gasteiger partial charge is 0.395 e. The van der Waals surface area contributed by atoms with Crippen molar-refractivity contribution in [3.8, 4) is 0 Å². The van der Waals surface area contributed by atoms with Gasteiger partial charge in [0.15, 0.2) is 0 Å². The van der Waals surface area contributed by atoms with Crippen LogP contribution in [0.4, 0.5) is 8.78 Å². The number of hydrogen-bond donors (Lipinski definition) is 1. The minimum absolute atomic E-state index is 0.0292. The van der Waals surface area contributed by atoms with Gasteiger partial charge in [0.2, 0.25) is 0 Å². The van der Waals surface area contributed by atoms with Gasteiger partial charge in [0.25, 0.3) is 0 Å². The number of aliphatic hydroxyl groups is 1. The average Bonchev–Trinajstić information content (AvgIpc) is 2.28. The molecule has 0 unspecified atom stereocenters. The Morgan fingerprint density at radius 1 is 1.35 bits per heavy atom. The van der Waals surface area contributed by atoms with E-state index in [0.29, 0.717) is 6.54 Å². The van der Waals surface area contributed by atoms with E-state index in [2.05, 4.69) is 15.9 Å². The van der Waals surface area contributed by atoms with Crippen LogP contribution in [0.15, 0.2) is 16.6 Å². The summed E-state index contributed by atoms with van der Waals surface area (Å²) in [5.41, 5.74) is 0.0292. The zero-order chi connectivity index (χ0) is 13.0. The van der Waals surface area contributed by atoms with E-state index in [-0.39, 0.29) is 29.2 Å². The minimum atomic E-state index is -0.575. The van der Waals surface area contributed by atoms with Crippen LogP contribution in [-0.4, -0.2) is 29.2 Å². The highest BCUT2D eigenvalue weighted by Crippen LogP contribution is 2.23. The normalized spacial score (nSPS) is 11.5. The van der Waals surface area contributed by atoms with Crippen LogP contribution in [0.1, 0.15) is 19.4 Å². The highest BCUT2D eigenvalue weighted by molar-refractivity contribution is 9.10. The summed E-state index contributed by atoms with van der Waals surface area (Å²) in [5.74, 6) is -1.14. The molecular formula is C12H16BrF2NO. The molecule has 0 aliphatic heterocycles. The zero-order valence-corrected chi connectivity index (χ0v) is 11.5. The van der Waals surface area contributed by atoms with Crippen LogP contribution in [0.25, 0.3) is 0 Å². The smallest absolute Gasteiger partial charge is 0.144 e. The zero-order valence-electron chi connectivity index (χ0n) is 9.88. The van der Waals surface area contributed by atoms with Gasteiger partial charge in [-0.15, -0.1) is 0 Å². The molecule has 1 N–H and O–H groups in total. The summed E-state index contributed by atoms with van der Waals surface area (Å²) in [6.07, 6.45) is 0. The van der Waals surface area contributed by atoms with Gasteiger partial charge in [-0.1, -0.05) is 0 Å². The molecule has 0 amide bonds. The maximum Gasteiger partial charge on any atom is 0.144 e. The molecule has 96 valence electrons. The lowest BCUT2D eigenvalue weighted by Gasteiger charge is -2.26. The average molecular weight is 308 g/mol. The van der Waals surface area contributed by atoms with Gasteiger partial charge in [-0.3, -0.25) is 4.90 Å². The summed E-state index contributed by atoms with van der Waals surface area (Å²) in [6, 6.07) is 2.69. The van der Waals surface area contributed by atoms with Crippen LogP contribution >= 0.6 is 15.9 Å². The summed E-state index contributed by atoms with van der Waals surface area (Å²) >= 11 is 3.04. The van der Waals surface area contributed by atoms with E-state index in [4.69, 9.17) is 5.11 Å². The number of hydrogen-bond acceptors (Lipinski definition) is 2. The standard InChI is InChI=1S/C12H16BrF2NO/c1-8(2)16(5-6-17)7-9-11(14)4-3-10(13)12(9)15/h3-4,8,17H,5-7H2,1-2H3. The fourth-order valence-corrected chi connectivity index (χ4v) is 1.94. The lowest BCUT2D eigenvalue weighted by molar-refractivity contribution is 0.156. The van der Waals surface area contributed by atoms with Crippen molar-refractivity contribution in [2.45, 2.75) is 26.4 Å². The van der Waals surface area contributed by atoms with Crippen molar-refractivity contribution in [2.75, 3.05) is 13.2 Å². The van der Waals surface area contributed by atoms with Crippen LogP contribution in [-0.2, 0) is 6.54 Å². The molecule has 1 aromatic carbocycles. The fraction of sp³-hybridized carbons (Fsp3) is 0.500. The molecule has 0 aliphatic rings. The molecule has 0 saturated heterocycles. The van der Waals surface area contributed by atoms with Crippen LogP contribution in [0, 0.1) is 11.6 Å². The second-order valence-corrected chi connectivity index (χ2v) is 4.96. The molecule has 0 fully saturated rings. The Hall–Kier alpha value is -0.520. The highest BCUT2D eigenvalue weighted by atomic mass is 79.9. The third-order valence-electron chi connectivity index (χ3n) is 2.62. The van der Waals surface area contributed by atoms with Crippen molar-refractivity contribution in [1.29, 1.82) is 0 Å². The Bertz CT molecular complexity index is 385. The topological polar surface area (TPSA) is 23.5 Å². The van der Waals surface area contributed by atoms with E-state index in [0.717, 1.165) is 0 Å². The summed E-state index contributed by atoms with van der Waals surface area (Å²) in [5, 5.41) is 8.92. The molecule has 2 nitrogen and oxygen atoms in total. The predicted octanol–water partition coefficient (Wildman–Crippen LogP) is 2.93. The highest BCUT2D eigenvalue weighted by Gasteiger charge is 2.17. The third kappa shape index (κ3) is 3.72. The fourth-order valence-electron chi connectivity index (χ4n) is 1.57. The molecule has 1 rings (SSSR count). The number of rotatable bonds is 5. The first kappa shape index (κ1) is 14.5. The van der Waals surface area contributed by atoms with E-state index in [9.17, 15) is 8.78 Å². The molecule has 0 spiro atoms.